The number of carbonyl (C=O) groups excluding carboxylic acids is 1. The lowest BCUT2D eigenvalue weighted by Crippen LogP contribution is -2.26. The summed E-state index contributed by atoms with van der Waals surface area (Å²) >= 11 is 1.12. The van der Waals surface area contributed by atoms with Crippen LogP contribution in [0.1, 0.15) is 35.4 Å². The van der Waals surface area contributed by atoms with E-state index in [4.69, 9.17) is 0 Å². The zero-order valence-corrected chi connectivity index (χ0v) is 14.6. The molecule has 2 N–H and O–H groups in total. The van der Waals surface area contributed by atoms with Crippen molar-refractivity contribution in [2.24, 2.45) is 0 Å². The van der Waals surface area contributed by atoms with E-state index >= 15 is 0 Å². The molecule has 0 saturated heterocycles. The molecule has 3 rings (SSSR count). The SMILES string of the molecule is CC(=O)NCc1ccc(S(=O)(=O)N[C@H]2CCc3cc(F)ccc32)s1. The standard InChI is InChI=1S/C16H17FN2O3S2/c1-10(20)18-9-13-4-7-16(23-13)24(21,22)19-15-6-2-11-8-12(17)3-5-14(11)15/h3-5,7-8,15,19H,2,6,9H2,1H3,(H,18,20)/t15-/m0/s1. The van der Waals surface area contributed by atoms with Crippen LogP contribution in [-0.4, -0.2) is 14.3 Å². The first-order valence-electron chi connectivity index (χ1n) is 7.49. The van der Waals surface area contributed by atoms with Crippen molar-refractivity contribution in [3.63, 3.8) is 0 Å². The van der Waals surface area contributed by atoms with Gasteiger partial charge in [0, 0.05) is 17.8 Å². The number of aryl methyl sites for hydroxylation is 1. The van der Waals surface area contributed by atoms with Gasteiger partial charge in [0.2, 0.25) is 5.91 Å². The molecule has 1 aliphatic carbocycles. The van der Waals surface area contributed by atoms with Gasteiger partial charge in [-0.25, -0.2) is 17.5 Å². The molecule has 0 fully saturated rings. The molecule has 0 spiro atoms. The molecule has 1 heterocycles. The van der Waals surface area contributed by atoms with Gasteiger partial charge in [0.1, 0.15) is 10.0 Å². The minimum atomic E-state index is -3.65. The van der Waals surface area contributed by atoms with E-state index in [1.807, 2.05) is 0 Å². The summed E-state index contributed by atoms with van der Waals surface area (Å²) in [6, 6.07) is 7.33. The summed E-state index contributed by atoms with van der Waals surface area (Å²) in [5.74, 6) is -0.473. The third kappa shape index (κ3) is 3.66. The molecule has 0 saturated carbocycles. The van der Waals surface area contributed by atoms with Crippen LogP contribution in [0.4, 0.5) is 4.39 Å². The van der Waals surface area contributed by atoms with Crippen LogP contribution in [0.15, 0.2) is 34.5 Å². The van der Waals surface area contributed by atoms with Crippen molar-refractivity contribution in [1.29, 1.82) is 0 Å². The maximum absolute atomic E-state index is 13.3. The van der Waals surface area contributed by atoms with Crippen LogP contribution in [0.25, 0.3) is 0 Å². The Labute approximate surface area is 144 Å². The molecule has 1 atom stereocenters. The van der Waals surface area contributed by atoms with Gasteiger partial charge in [0.05, 0.1) is 6.54 Å². The number of rotatable bonds is 5. The van der Waals surface area contributed by atoms with E-state index < -0.39 is 10.0 Å². The highest BCUT2D eigenvalue weighted by molar-refractivity contribution is 7.91. The van der Waals surface area contributed by atoms with Crippen molar-refractivity contribution in [3.8, 4) is 0 Å². The van der Waals surface area contributed by atoms with Crippen molar-refractivity contribution in [3.05, 3.63) is 52.2 Å². The summed E-state index contributed by atoms with van der Waals surface area (Å²) in [4.78, 5) is 11.7. The third-order valence-electron chi connectivity index (χ3n) is 3.89. The molecule has 0 bridgehead atoms. The zero-order chi connectivity index (χ0) is 17.3. The van der Waals surface area contributed by atoms with Gasteiger partial charge < -0.3 is 5.32 Å². The summed E-state index contributed by atoms with van der Waals surface area (Å²) in [5.41, 5.74) is 1.68. The zero-order valence-electron chi connectivity index (χ0n) is 13.0. The number of carbonyl (C=O) groups is 1. The van der Waals surface area contributed by atoms with Crippen molar-refractivity contribution < 1.29 is 17.6 Å². The Hall–Kier alpha value is -1.77. The van der Waals surface area contributed by atoms with Gasteiger partial charge in [-0.15, -0.1) is 11.3 Å². The maximum Gasteiger partial charge on any atom is 0.250 e. The van der Waals surface area contributed by atoms with Crippen LogP contribution in [0.2, 0.25) is 0 Å². The molecule has 1 amide bonds. The Morgan fingerprint density at radius 2 is 2.12 bits per heavy atom. The van der Waals surface area contributed by atoms with Gasteiger partial charge in [-0.3, -0.25) is 4.79 Å². The largest absolute Gasteiger partial charge is 0.351 e. The van der Waals surface area contributed by atoms with Crippen LogP contribution >= 0.6 is 11.3 Å². The fourth-order valence-corrected chi connectivity index (χ4v) is 5.33. The van der Waals surface area contributed by atoms with Gasteiger partial charge >= 0.3 is 0 Å². The van der Waals surface area contributed by atoms with Crippen LogP contribution in [-0.2, 0) is 27.8 Å². The van der Waals surface area contributed by atoms with E-state index in [9.17, 15) is 17.6 Å². The van der Waals surface area contributed by atoms with Gasteiger partial charge in [-0.2, -0.15) is 0 Å². The minimum Gasteiger partial charge on any atom is -0.351 e. The number of halogens is 1. The monoisotopic (exact) mass is 368 g/mol. The average Bonchev–Trinajstić information content (AvgIpc) is 3.12. The number of amides is 1. The third-order valence-corrected chi connectivity index (χ3v) is 6.94. The first-order chi connectivity index (χ1) is 11.3. The van der Waals surface area contributed by atoms with Gasteiger partial charge in [-0.05, 0) is 48.2 Å². The summed E-state index contributed by atoms with van der Waals surface area (Å²) in [6.07, 6.45) is 1.26. The number of nitrogens with one attached hydrogen (secondary N) is 2. The predicted octanol–water partition coefficient (Wildman–Crippen LogP) is 2.49. The van der Waals surface area contributed by atoms with E-state index in [2.05, 4.69) is 10.0 Å². The van der Waals surface area contributed by atoms with Gasteiger partial charge in [0.25, 0.3) is 10.0 Å². The highest BCUT2D eigenvalue weighted by Crippen LogP contribution is 2.33. The lowest BCUT2D eigenvalue weighted by molar-refractivity contribution is -0.119. The van der Waals surface area contributed by atoms with Crippen molar-refractivity contribution in [2.75, 3.05) is 0 Å². The van der Waals surface area contributed by atoms with Gasteiger partial charge in [-0.1, -0.05) is 6.07 Å². The molecule has 1 aromatic heterocycles. The molecule has 0 aliphatic heterocycles. The normalized spacial score (nSPS) is 16.8. The van der Waals surface area contributed by atoms with Crippen molar-refractivity contribution >= 4 is 27.3 Å². The molecule has 2 aromatic rings. The fourth-order valence-electron chi connectivity index (χ4n) is 2.76. The first kappa shape index (κ1) is 17.1. The number of fused-ring (bicyclic) bond motifs is 1. The molecule has 0 unspecified atom stereocenters. The van der Waals surface area contributed by atoms with Crippen LogP contribution in [0, 0.1) is 5.82 Å². The summed E-state index contributed by atoms with van der Waals surface area (Å²) in [6.45, 7) is 1.72. The fraction of sp³-hybridized carbons (Fsp3) is 0.312. The Kier molecular flexibility index (Phi) is 4.71. The topological polar surface area (TPSA) is 75.3 Å². The average molecular weight is 368 g/mol. The van der Waals surface area contributed by atoms with Crippen LogP contribution in [0.3, 0.4) is 0 Å². The number of thiophene rings is 1. The van der Waals surface area contributed by atoms with Crippen LogP contribution in [0.5, 0.6) is 0 Å². The van der Waals surface area contributed by atoms with E-state index in [0.29, 0.717) is 19.4 Å². The Bertz CT molecular complexity index is 877. The molecule has 0 radical (unpaired) electrons. The molecular weight excluding hydrogens is 351 g/mol. The number of benzene rings is 1. The highest BCUT2D eigenvalue weighted by Gasteiger charge is 2.28. The van der Waals surface area contributed by atoms with Crippen molar-refractivity contribution in [2.45, 2.75) is 36.6 Å². The number of hydrogen-bond donors (Lipinski definition) is 2. The molecule has 24 heavy (non-hydrogen) atoms. The molecule has 1 aromatic carbocycles. The lowest BCUT2D eigenvalue weighted by Gasteiger charge is -2.13. The molecular formula is C16H17FN2O3S2. The predicted molar refractivity (Wildman–Crippen MR) is 89.6 cm³/mol. The minimum absolute atomic E-state index is 0.166. The summed E-state index contributed by atoms with van der Waals surface area (Å²) < 4.78 is 41.3. The molecule has 128 valence electrons. The summed E-state index contributed by atoms with van der Waals surface area (Å²) in [7, 11) is -3.65. The highest BCUT2D eigenvalue weighted by atomic mass is 32.2. The van der Waals surface area contributed by atoms with E-state index in [-0.39, 0.29) is 22.0 Å². The Morgan fingerprint density at radius 1 is 1.33 bits per heavy atom. The van der Waals surface area contributed by atoms with E-state index in [0.717, 1.165) is 27.3 Å². The smallest absolute Gasteiger partial charge is 0.250 e. The number of hydrogen-bond acceptors (Lipinski definition) is 4. The molecule has 8 heteroatoms. The Morgan fingerprint density at radius 3 is 2.88 bits per heavy atom. The quantitative estimate of drug-likeness (QED) is 0.851. The van der Waals surface area contributed by atoms with Crippen molar-refractivity contribution in [1.82, 2.24) is 10.0 Å². The number of sulfonamides is 1. The second-order valence-corrected chi connectivity index (χ2v) is 8.80. The molecule has 1 aliphatic rings. The second kappa shape index (κ2) is 6.62. The lowest BCUT2D eigenvalue weighted by atomic mass is 10.1. The van der Waals surface area contributed by atoms with E-state index in [1.165, 1.54) is 25.1 Å². The summed E-state index contributed by atoms with van der Waals surface area (Å²) in [5, 5.41) is 2.64. The maximum atomic E-state index is 13.3. The Balaban J connectivity index is 1.75. The van der Waals surface area contributed by atoms with Gasteiger partial charge in [0.15, 0.2) is 0 Å². The second-order valence-electron chi connectivity index (χ2n) is 5.69. The first-order valence-corrected chi connectivity index (χ1v) is 9.79. The van der Waals surface area contributed by atoms with E-state index in [1.54, 1.807) is 12.1 Å². The molecule has 5 nitrogen and oxygen atoms in total. The van der Waals surface area contributed by atoms with Crippen LogP contribution < -0.4 is 10.0 Å².